The summed E-state index contributed by atoms with van der Waals surface area (Å²) in [5, 5.41) is 21.8. The molecule has 158 valence electrons. The maximum Gasteiger partial charge on any atom is 0.137 e. The van der Waals surface area contributed by atoms with Gasteiger partial charge in [-0.25, -0.2) is 0 Å². The number of phenols is 1. The van der Waals surface area contributed by atoms with Gasteiger partial charge in [-0.2, -0.15) is 0 Å². The molecule has 3 unspecified atom stereocenters. The molecule has 2 aromatic carbocycles. The van der Waals surface area contributed by atoms with E-state index in [0.717, 1.165) is 36.1 Å². The van der Waals surface area contributed by atoms with Gasteiger partial charge in [0.25, 0.3) is 0 Å². The van der Waals surface area contributed by atoms with Gasteiger partial charge in [-0.05, 0) is 87.4 Å². The Balaban J connectivity index is 1.81. The number of nitrogens with zero attached hydrogens (tertiary/aromatic N) is 1. The molecule has 1 aliphatic rings. The van der Waals surface area contributed by atoms with Gasteiger partial charge < -0.3 is 14.9 Å². The summed E-state index contributed by atoms with van der Waals surface area (Å²) in [6.45, 7) is 8.96. The van der Waals surface area contributed by atoms with E-state index in [1.54, 1.807) is 19.2 Å². The lowest BCUT2D eigenvalue weighted by Gasteiger charge is -2.34. The first-order valence-electron chi connectivity index (χ1n) is 10.2. The molecule has 1 heterocycles. The summed E-state index contributed by atoms with van der Waals surface area (Å²) in [7, 11) is 1.59. The van der Waals surface area contributed by atoms with Gasteiger partial charge in [-0.3, -0.25) is 4.90 Å². The SMILES string of the molecule is COc1cc(C(C)(O)CC2CCC(C)N2Cc2ccc(O)c(C)c2C)ccc1Cl. The largest absolute Gasteiger partial charge is 0.508 e. The molecule has 0 bridgehead atoms. The molecular weight excluding hydrogens is 386 g/mol. The van der Waals surface area contributed by atoms with Crippen LogP contribution >= 0.6 is 11.6 Å². The van der Waals surface area contributed by atoms with Crippen LogP contribution < -0.4 is 4.74 Å². The number of aliphatic hydroxyl groups is 1. The number of hydrogen-bond donors (Lipinski definition) is 2. The smallest absolute Gasteiger partial charge is 0.137 e. The average molecular weight is 418 g/mol. The van der Waals surface area contributed by atoms with Gasteiger partial charge in [0.1, 0.15) is 11.5 Å². The number of phenolic OH excluding ortho intramolecular Hbond substituents is 1. The summed E-state index contributed by atoms with van der Waals surface area (Å²) < 4.78 is 5.33. The molecule has 29 heavy (non-hydrogen) atoms. The van der Waals surface area contributed by atoms with Gasteiger partial charge in [-0.15, -0.1) is 0 Å². The molecule has 0 aliphatic carbocycles. The Bertz CT molecular complexity index is 881. The van der Waals surface area contributed by atoms with Crippen molar-refractivity contribution < 1.29 is 14.9 Å². The molecule has 0 aromatic heterocycles. The first-order valence-corrected chi connectivity index (χ1v) is 10.6. The van der Waals surface area contributed by atoms with Gasteiger partial charge in [0.15, 0.2) is 0 Å². The average Bonchev–Trinajstić information content (AvgIpc) is 3.01. The number of halogens is 1. The molecule has 0 radical (unpaired) electrons. The van der Waals surface area contributed by atoms with Crippen LogP contribution in [0.3, 0.4) is 0 Å². The van der Waals surface area contributed by atoms with E-state index < -0.39 is 5.60 Å². The second-order valence-electron chi connectivity index (χ2n) is 8.57. The summed E-state index contributed by atoms with van der Waals surface area (Å²) in [5.74, 6) is 0.924. The van der Waals surface area contributed by atoms with E-state index in [2.05, 4.69) is 18.7 Å². The van der Waals surface area contributed by atoms with Crippen LogP contribution in [0.15, 0.2) is 30.3 Å². The highest BCUT2D eigenvalue weighted by atomic mass is 35.5. The van der Waals surface area contributed by atoms with Crippen molar-refractivity contribution in [2.75, 3.05) is 7.11 Å². The highest BCUT2D eigenvalue weighted by Gasteiger charge is 2.37. The minimum absolute atomic E-state index is 0.273. The van der Waals surface area contributed by atoms with Crippen molar-refractivity contribution >= 4 is 11.6 Å². The van der Waals surface area contributed by atoms with Crippen molar-refractivity contribution in [2.24, 2.45) is 0 Å². The molecule has 2 N–H and O–H groups in total. The second-order valence-corrected chi connectivity index (χ2v) is 8.98. The zero-order chi connectivity index (χ0) is 21.3. The first-order chi connectivity index (χ1) is 13.6. The molecule has 1 aliphatic heterocycles. The molecule has 1 saturated heterocycles. The van der Waals surface area contributed by atoms with Crippen LogP contribution in [0.2, 0.25) is 5.02 Å². The van der Waals surface area contributed by atoms with Crippen LogP contribution in [0, 0.1) is 13.8 Å². The summed E-state index contributed by atoms with van der Waals surface area (Å²) in [6.07, 6.45) is 2.80. The van der Waals surface area contributed by atoms with Crippen LogP contribution in [-0.2, 0) is 12.1 Å². The van der Waals surface area contributed by atoms with Gasteiger partial charge in [0.05, 0.1) is 17.7 Å². The van der Waals surface area contributed by atoms with E-state index in [1.807, 2.05) is 32.0 Å². The van der Waals surface area contributed by atoms with Gasteiger partial charge in [0.2, 0.25) is 0 Å². The van der Waals surface area contributed by atoms with Crippen molar-refractivity contribution in [2.45, 2.75) is 71.2 Å². The zero-order valence-electron chi connectivity index (χ0n) is 18.0. The number of ether oxygens (including phenoxy) is 1. The fraction of sp³-hybridized carbons (Fsp3) is 0.500. The van der Waals surface area contributed by atoms with Gasteiger partial charge in [0, 0.05) is 18.6 Å². The quantitative estimate of drug-likeness (QED) is 0.667. The number of hydrogen-bond acceptors (Lipinski definition) is 4. The topological polar surface area (TPSA) is 52.9 Å². The predicted octanol–water partition coefficient (Wildman–Crippen LogP) is 5.32. The van der Waals surface area contributed by atoms with E-state index in [1.165, 1.54) is 5.56 Å². The third-order valence-electron chi connectivity index (χ3n) is 6.58. The van der Waals surface area contributed by atoms with Crippen LogP contribution in [0.5, 0.6) is 11.5 Å². The highest BCUT2D eigenvalue weighted by molar-refractivity contribution is 6.32. The Morgan fingerprint density at radius 3 is 2.59 bits per heavy atom. The number of likely N-dealkylation sites (tertiary alicyclic amines) is 1. The molecular formula is C24H32ClNO3. The fourth-order valence-corrected chi connectivity index (χ4v) is 4.63. The van der Waals surface area contributed by atoms with Crippen molar-refractivity contribution in [3.05, 3.63) is 57.6 Å². The Morgan fingerprint density at radius 2 is 1.90 bits per heavy atom. The summed E-state index contributed by atoms with van der Waals surface area (Å²) in [5.41, 5.74) is 3.13. The maximum atomic E-state index is 11.3. The van der Waals surface area contributed by atoms with E-state index in [9.17, 15) is 10.2 Å². The van der Waals surface area contributed by atoms with Crippen LogP contribution in [-0.4, -0.2) is 34.3 Å². The number of methoxy groups -OCH3 is 1. The second kappa shape index (κ2) is 8.55. The van der Waals surface area contributed by atoms with Crippen molar-refractivity contribution in [1.29, 1.82) is 0 Å². The monoisotopic (exact) mass is 417 g/mol. The zero-order valence-corrected chi connectivity index (χ0v) is 18.8. The summed E-state index contributed by atoms with van der Waals surface area (Å²) >= 11 is 6.16. The molecule has 0 amide bonds. The van der Waals surface area contributed by atoms with Crippen molar-refractivity contribution in [1.82, 2.24) is 4.90 Å². The molecule has 2 aromatic rings. The number of rotatable bonds is 6. The molecule has 5 heteroatoms. The van der Waals surface area contributed by atoms with Crippen molar-refractivity contribution in [3.63, 3.8) is 0 Å². The first kappa shape index (κ1) is 21.9. The Kier molecular flexibility index (Phi) is 6.47. The third kappa shape index (κ3) is 4.55. The van der Waals surface area contributed by atoms with Gasteiger partial charge in [-0.1, -0.05) is 23.7 Å². The molecule has 0 spiro atoms. The standard InChI is InChI=1S/C24H32ClNO3/c1-15-6-9-20(26(15)14-18-7-11-22(27)17(3)16(18)2)13-24(4,28)19-8-10-21(25)23(12-19)29-5/h7-8,10-12,15,20,27-28H,6,9,13-14H2,1-5H3. The van der Waals surface area contributed by atoms with E-state index in [4.69, 9.17) is 16.3 Å². The Morgan fingerprint density at radius 1 is 1.17 bits per heavy atom. The number of aromatic hydroxyl groups is 1. The van der Waals surface area contributed by atoms with Gasteiger partial charge >= 0.3 is 0 Å². The van der Waals surface area contributed by atoms with E-state index >= 15 is 0 Å². The molecule has 3 rings (SSSR count). The molecule has 0 saturated carbocycles. The number of benzene rings is 2. The van der Waals surface area contributed by atoms with Crippen LogP contribution in [0.4, 0.5) is 0 Å². The summed E-state index contributed by atoms with van der Waals surface area (Å²) in [6, 6.07) is 10.0. The molecule has 1 fully saturated rings. The normalized spacial score (nSPS) is 21.9. The molecule has 4 nitrogen and oxygen atoms in total. The Hall–Kier alpha value is -1.75. The molecule has 3 atom stereocenters. The van der Waals surface area contributed by atoms with Crippen LogP contribution in [0.1, 0.15) is 55.4 Å². The highest BCUT2D eigenvalue weighted by Crippen LogP contribution is 2.38. The predicted molar refractivity (Wildman–Crippen MR) is 118 cm³/mol. The summed E-state index contributed by atoms with van der Waals surface area (Å²) in [4.78, 5) is 2.49. The van der Waals surface area contributed by atoms with Crippen LogP contribution in [0.25, 0.3) is 0 Å². The lowest BCUT2D eigenvalue weighted by molar-refractivity contribution is 0.0160. The van der Waals surface area contributed by atoms with E-state index in [-0.39, 0.29) is 6.04 Å². The Labute approximate surface area is 179 Å². The lowest BCUT2D eigenvalue weighted by atomic mass is 9.88. The minimum Gasteiger partial charge on any atom is -0.508 e. The fourth-order valence-electron chi connectivity index (χ4n) is 4.43. The van der Waals surface area contributed by atoms with E-state index in [0.29, 0.717) is 29.0 Å². The van der Waals surface area contributed by atoms with Crippen molar-refractivity contribution in [3.8, 4) is 11.5 Å². The maximum absolute atomic E-state index is 11.3. The minimum atomic E-state index is -0.981. The third-order valence-corrected chi connectivity index (χ3v) is 6.89. The lowest BCUT2D eigenvalue weighted by Crippen LogP contribution is -2.39.